The van der Waals surface area contributed by atoms with Crippen LogP contribution < -0.4 is 16.0 Å². The summed E-state index contributed by atoms with van der Waals surface area (Å²) < 4.78 is 2.26. The van der Waals surface area contributed by atoms with Crippen LogP contribution in [0.4, 0.5) is 15.3 Å². The Labute approximate surface area is 190 Å². The lowest BCUT2D eigenvalue weighted by molar-refractivity contribution is 0.186. The molecule has 1 saturated heterocycles. The molecule has 0 unspecified atom stereocenters. The molecule has 2 heterocycles. The summed E-state index contributed by atoms with van der Waals surface area (Å²) in [6.45, 7) is 6.70. The number of carbonyl (C=O) groups excluding carboxylic acids is 2. The number of piperidine rings is 1. The minimum absolute atomic E-state index is 0.0579. The highest BCUT2D eigenvalue weighted by molar-refractivity contribution is 5.93. The first kappa shape index (κ1) is 22.5. The highest BCUT2D eigenvalue weighted by Gasteiger charge is 2.25. The van der Waals surface area contributed by atoms with Gasteiger partial charge in [-0.3, -0.25) is 0 Å². The third-order valence-electron chi connectivity index (χ3n) is 6.64. The third-order valence-corrected chi connectivity index (χ3v) is 6.64. The molecular weight excluding hydrogens is 402 g/mol. The average Bonchev–Trinajstić information content (AvgIpc) is 3.16. The van der Waals surface area contributed by atoms with Gasteiger partial charge in [0.2, 0.25) is 0 Å². The quantitative estimate of drug-likeness (QED) is 0.618. The van der Waals surface area contributed by atoms with Crippen molar-refractivity contribution in [1.82, 2.24) is 20.1 Å². The number of hydrogen-bond acceptors (Lipinski definition) is 2. The van der Waals surface area contributed by atoms with Gasteiger partial charge in [-0.05, 0) is 55.9 Å². The van der Waals surface area contributed by atoms with Crippen molar-refractivity contribution < 1.29 is 9.59 Å². The normalized spacial score (nSPS) is 18.2. The number of carbonyl (C=O) groups is 2. The number of urea groups is 2. The summed E-state index contributed by atoms with van der Waals surface area (Å²) in [6, 6.07) is 8.49. The molecule has 0 bridgehead atoms. The molecule has 1 saturated carbocycles. The van der Waals surface area contributed by atoms with Crippen molar-refractivity contribution in [3.8, 4) is 0 Å². The lowest BCUT2D eigenvalue weighted by Crippen LogP contribution is -2.51. The monoisotopic (exact) mass is 439 g/mol. The molecule has 32 heavy (non-hydrogen) atoms. The van der Waals surface area contributed by atoms with Gasteiger partial charge in [-0.1, -0.05) is 33.1 Å². The van der Waals surface area contributed by atoms with Gasteiger partial charge in [0.15, 0.2) is 0 Å². The van der Waals surface area contributed by atoms with Crippen molar-refractivity contribution >= 4 is 28.7 Å². The molecule has 7 nitrogen and oxygen atoms in total. The van der Waals surface area contributed by atoms with E-state index in [1.54, 1.807) is 0 Å². The summed E-state index contributed by atoms with van der Waals surface area (Å²) >= 11 is 0. The van der Waals surface area contributed by atoms with Gasteiger partial charge in [0.1, 0.15) is 0 Å². The standard InChI is InChI=1S/C25H37N5O2/c1-18(2)17-30-13-10-19-16-22(8-9-23(19)30)28-25(32)29-14-11-21(12-15-29)27-24(31)26-20-6-4-3-5-7-20/h8-10,13,16,18,20-21H,3-7,11-12,14-15,17H2,1-2H3,(H,28,32)(H2,26,27,31). The number of nitrogens with one attached hydrogen (secondary N) is 3. The van der Waals surface area contributed by atoms with E-state index in [2.05, 4.69) is 52.7 Å². The average molecular weight is 440 g/mol. The van der Waals surface area contributed by atoms with E-state index in [-0.39, 0.29) is 18.1 Å². The van der Waals surface area contributed by atoms with Crippen LogP contribution >= 0.6 is 0 Å². The van der Waals surface area contributed by atoms with Crippen molar-refractivity contribution in [2.45, 2.75) is 77.4 Å². The van der Waals surface area contributed by atoms with Gasteiger partial charge in [-0.25, -0.2) is 9.59 Å². The van der Waals surface area contributed by atoms with E-state index in [0.29, 0.717) is 25.0 Å². The molecule has 174 valence electrons. The van der Waals surface area contributed by atoms with Crippen LogP contribution in [0.3, 0.4) is 0 Å². The summed E-state index contributed by atoms with van der Waals surface area (Å²) in [5, 5.41) is 10.4. The highest BCUT2D eigenvalue weighted by atomic mass is 16.2. The van der Waals surface area contributed by atoms with Crippen LogP contribution in [-0.2, 0) is 6.54 Å². The van der Waals surface area contributed by atoms with Crippen molar-refractivity contribution in [3.05, 3.63) is 30.5 Å². The summed E-state index contributed by atoms with van der Waals surface area (Å²) in [4.78, 5) is 26.9. The zero-order chi connectivity index (χ0) is 22.5. The van der Waals surface area contributed by atoms with E-state index >= 15 is 0 Å². The number of nitrogens with zero attached hydrogens (tertiary/aromatic N) is 2. The number of likely N-dealkylation sites (tertiary alicyclic amines) is 1. The first-order valence-corrected chi connectivity index (χ1v) is 12.2. The molecule has 3 N–H and O–H groups in total. The Morgan fingerprint density at radius 1 is 0.969 bits per heavy atom. The lowest BCUT2D eigenvalue weighted by Gasteiger charge is -2.33. The first-order valence-electron chi connectivity index (χ1n) is 12.2. The molecule has 1 aliphatic carbocycles. The van der Waals surface area contributed by atoms with Gasteiger partial charge in [0, 0.05) is 54.5 Å². The summed E-state index contributed by atoms with van der Waals surface area (Å²) in [7, 11) is 0. The molecule has 2 aromatic rings. The highest BCUT2D eigenvalue weighted by Crippen LogP contribution is 2.22. The van der Waals surface area contributed by atoms with Gasteiger partial charge in [-0.2, -0.15) is 0 Å². The van der Waals surface area contributed by atoms with E-state index < -0.39 is 0 Å². The Hall–Kier alpha value is -2.70. The van der Waals surface area contributed by atoms with Crippen LogP contribution in [-0.4, -0.2) is 46.7 Å². The number of fused-ring (bicyclic) bond motifs is 1. The van der Waals surface area contributed by atoms with Crippen molar-refractivity contribution in [2.24, 2.45) is 5.92 Å². The molecule has 1 aliphatic heterocycles. The number of aromatic nitrogens is 1. The fourth-order valence-electron chi connectivity index (χ4n) is 4.92. The Morgan fingerprint density at radius 2 is 1.66 bits per heavy atom. The molecule has 0 spiro atoms. The number of rotatable bonds is 5. The summed E-state index contributed by atoms with van der Waals surface area (Å²) in [5.74, 6) is 0.584. The van der Waals surface area contributed by atoms with Crippen LogP contribution in [0.2, 0.25) is 0 Å². The lowest BCUT2D eigenvalue weighted by atomic mass is 9.96. The van der Waals surface area contributed by atoms with E-state index in [0.717, 1.165) is 43.3 Å². The second-order valence-corrected chi connectivity index (χ2v) is 9.78. The van der Waals surface area contributed by atoms with Gasteiger partial charge >= 0.3 is 12.1 Å². The number of anilines is 1. The molecule has 0 atom stereocenters. The number of benzene rings is 1. The fourth-order valence-corrected chi connectivity index (χ4v) is 4.92. The smallest absolute Gasteiger partial charge is 0.321 e. The van der Waals surface area contributed by atoms with Gasteiger partial charge in [0.05, 0.1) is 0 Å². The summed E-state index contributed by atoms with van der Waals surface area (Å²) in [5.41, 5.74) is 2.01. The molecule has 2 fully saturated rings. The van der Waals surface area contributed by atoms with Crippen molar-refractivity contribution in [1.29, 1.82) is 0 Å². The predicted molar refractivity (Wildman–Crippen MR) is 129 cm³/mol. The Bertz CT molecular complexity index is 924. The van der Waals surface area contributed by atoms with E-state index in [9.17, 15) is 9.59 Å². The maximum absolute atomic E-state index is 12.8. The van der Waals surface area contributed by atoms with Gasteiger partial charge in [0.25, 0.3) is 0 Å². The molecule has 1 aromatic heterocycles. The van der Waals surface area contributed by atoms with Crippen LogP contribution in [0.15, 0.2) is 30.5 Å². The summed E-state index contributed by atoms with van der Waals surface area (Å²) in [6.07, 6.45) is 9.52. The molecule has 2 aliphatic rings. The fraction of sp³-hybridized carbons (Fsp3) is 0.600. The Kier molecular flexibility index (Phi) is 7.22. The van der Waals surface area contributed by atoms with E-state index in [4.69, 9.17) is 0 Å². The van der Waals surface area contributed by atoms with Crippen LogP contribution in [0.25, 0.3) is 10.9 Å². The van der Waals surface area contributed by atoms with Crippen LogP contribution in [0.1, 0.15) is 58.8 Å². The first-order chi connectivity index (χ1) is 15.5. The SMILES string of the molecule is CC(C)Cn1ccc2cc(NC(=O)N3CCC(NC(=O)NC4CCCCC4)CC3)ccc21. The zero-order valence-electron chi connectivity index (χ0n) is 19.4. The second-order valence-electron chi connectivity index (χ2n) is 9.78. The molecule has 4 amide bonds. The maximum Gasteiger partial charge on any atom is 0.321 e. The molecule has 7 heteroatoms. The topological polar surface area (TPSA) is 78.4 Å². The van der Waals surface area contributed by atoms with Crippen molar-refractivity contribution in [2.75, 3.05) is 18.4 Å². The van der Waals surface area contributed by atoms with Crippen molar-refractivity contribution in [3.63, 3.8) is 0 Å². The number of hydrogen-bond donors (Lipinski definition) is 3. The third kappa shape index (κ3) is 5.75. The second kappa shape index (κ2) is 10.3. The Balaban J connectivity index is 1.24. The van der Waals surface area contributed by atoms with Crippen LogP contribution in [0.5, 0.6) is 0 Å². The molecule has 4 rings (SSSR count). The van der Waals surface area contributed by atoms with Crippen LogP contribution in [0, 0.1) is 5.92 Å². The predicted octanol–water partition coefficient (Wildman–Crippen LogP) is 4.93. The minimum Gasteiger partial charge on any atom is -0.347 e. The van der Waals surface area contributed by atoms with Gasteiger partial charge in [-0.15, -0.1) is 0 Å². The number of amides is 4. The molecule has 0 radical (unpaired) electrons. The zero-order valence-corrected chi connectivity index (χ0v) is 19.4. The van der Waals surface area contributed by atoms with Gasteiger partial charge < -0.3 is 25.4 Å². The minimum atomic E-state index is -0.0731. The van der Waals surface area contributed by atoms with E-state index in [1.165, 1.54) is 24.8 Å². The largest absolute Gasteiger partial charge is 0.347 e. The van der Waals surface area contributed by atoms with E-state index in [1.807, 2.05) is 17.0 Å². The maximum atomic E-state index is 12.8. The molecular formula is C25H37N5O2. The Morgan fingerprint density at radius 3 is 2.34 bits per heavy atom. The molecule has 1 aromatic carbocycles.